The monoisotopic (exact) mass is 337 g/mol. The standard InChI is InChI=1S/C19H15NO5/c1(12-2-5-15-18(7-12)23-10-21-15)4-14-9-17(25-20-14)13-3-6-16-19(8-13)24-11-22-16/h1-8,17H,9-11H2/b4-1+. The van der Waals surface area contributed by atoms with Crippen molar-refractivity contribution in [3.8, 4) is 23.0 Å². The van der Waals surface area contributed by atoms with E-state index in [9.17, 15) is 0 Å². The van der Waals surface area contributed by atoms with E-state index in [1.165, 1.54) is 0 Å². The highest BCUT2D eigenvalue weighted by atomic mass is 16.7. The Hall–Kier alpha value is -3.15. The molecule has 0 radical (unpaired) electrons. The number of hydrogen-bond acceptors (Lipinski definition) is 6. The van der Waals surface area contributed by atoms with Crippen LogP contribution >= 0.6 is 0 Å². The summed E-state index contributed by atoms with van der Waals surface area (Å²) < 4.78 is 21.5. The maximum Gasteiger partial charge on any atom is 0.231 e. The lowest BCUT2D eigenvalue weighted by Gasteiger charge is -2.08. The van der Waals surface area contributed by atoms with Crippen LogP contribution in [0.1, 0.15) is 23.7 Å². The molecule has 0 fully saturated rings. The minimum atomic E-state index is -0.106. The summed E-state index contributed by atoms with van der Waals surface area (Å²) in [5.74, 6) is 3.07. The summed E-state index contributed by atoms with van der Waals surface area (Å²) in [6, 6.07) is 11.7. The van der Waals surface area contributed by atoms with Crippen molar-refractivity contribution in [3.63, 3.8) is 0 Å². The third-order valence-electron chi connectivity index (χ3n) is 4.32. The first kappa shape index (κ1) is 14.2. The Balaban J connectivity index is 1.27. The van der Waals surface area contributed by atoms with Crippen molar-refractivity contribution in [1.82, 2.24) is 0 Å². The van der Waals surface area contributed by atoms with E-state index in [1.807, 2.05) is 48.6 Å². The molecule has 5 rings (SSSR count). The van der Waals surface area contributed by atoms with E-state index in [0.717, 1.165) is 39.8 Å². The molecule has 3 heterocycles. The van der Waals surface area contributed by atoms with Gasteiger partial charge in [-0.15, -0.1) is 0 Å². The third kappa shape index (κ3) is 2.65. The lowest BCUT2D eigenvalue weighted by molar-refractivity contribution is 0.0855. The topological polar surface area (TPSA) is 58.5 Å². The van der Waals surface area contributed by atoms with Gasteiger partial charge in [0.1, 0.15) is 0 Å². The van der Waals surface area contributed by atoms with Gasteiger partial charge in [0.15, 0.2) is 29.1 Å². The fourth-order valence-electron chi connectivity index (χ4n) is 3.00. The van der Waals surface area contributed by atoms with E-state index in [4.69, 9.17) is 23.8 Å². The minimum absolute atomic E-state index is 0.106. The summed E-state index contributed by atoms with van der Waals surface area (Å²) in [5, 5.41) is 4.18. The zero-order valence-electron chi connectivity index (χ0n) is 13.3. The van der Waals surface area contributed by atoms with Gasteiger partial charge in [0, 0.05) is 6.42 Å². The van der Waals surface area contributed by atoms with Crippen molar-refractivity contribution in [2.24, 2.45) is 5.16 Å². The van der Waals surface area contributed by atoms with Gasteiger partial charge in [-0.05, 0) is 41.5 Å². The number of oxime groups is 1. The number of benzene rings is 2. The van der Waals surface area contributed by atoms with Gasteiger partial charge in [-0.3, -0.25) is 0 Å². The van der Waals surface area contributed by atoms with Crippen molar-refractivity contribution in [2.45, 2.75) is 12.5 Å². The van der Waals surface area contributed by atoms with Gasteiger partial charge in [-0.25, -0.2) is 0 Å². The Morgan fingerprint density at radius 2 is 1.52 bits per heavy atom. The maximum atomic E-state index is 5.57. The fourth-order valence-corrected chi connectivity index (χ4v) is 3.00. The van der Waals surface area contributed by atoms with Crippen LogP contribution in [-0.2, 0) is 4.84 Å². The molecular weight excluding hydrogens is 322 g/mol. The van der Waals surface area contributed by atoms with Gasteiger partial charge in [0.25, 0.3) is 0 Å². The second-order valence-electron chi connectivity index (χ2n) is 5.94. The SMILES string of the molecule is C(=C\c1ccc2c(c1)OCO2)/C1=NOC(c2ccc3c(c2)OCO3)C1. The van der Waals surface area contributed by atoms with Crippen molar-refractivity contribution < 1.29 is 23.8 Å². The Kier molecular flexibility index (Phi) is 3.26. The molecule has 3 aliphatic heterocycles. The summed E-state index contributed by atoms with van der Waals surface area (Å²) in [7, 11) is 0. The third-order valence-corrected chi connectivity index (χ3v) is 4.32. The van der Waals surface area contributed by atoms with Crippen LogP contribution < -0.4 is 18.9 Å². The van der Waals surface area contributed by atoms with Crippen LogP contribution in [0.4, 0.5) is 0 Å². The smallest absolute Gasteiger partial charge is 0.231 e. The molecule has 0 saturated carbocycles. The summed E-state index contributed by atoms with van der Waals surface area (Å²) in [5.41, 5.74) is 2.94. The van der Waals surface area contributed by atoms with Crippen LogP contribution in [0.25, 0.3) is 6.08 Å². The number of fused-ring (bicyclic) bond motifs is 2. The fraction of sp³-hybridized carbons (Fsp3) is 0.211. The molecule has 0 saturated heterocycles. The summed E-state index contributed by atoms with van der Waals surface area (Å²) in [6.07, 6.45) is 4.56. The molecular formula is C19H15NO5. The zero-order valence-corrected chi connectivity index (χ0v) is 13.3. The molecule has 126 valence electrons. The average Bonchev–Trinajstić information content (AvgIpc) is 3.38. The summed E-state index contributed by atoms with van der Waals surface area (Å²) >= 11 is 0. The normalized spacial score (nSPS) is 20.0. The van der Waals surface area contributed by atoms with Crippen molar-refractivity contribution >= 4 is 11.8 Å². The lowest BCUT2D eigenvalue weighted by Crippen LogP contribution is -1.98. The number of hydrogen-bond donors (Lipinski definition) is 0. The first-order valence-electron chi connectivity index (χ1n) is 8.05. The number of ether oxygens (including phenoxy) is 4. The van der Waals surface area contributed by atoms with Crippen LogP contribution in [0.5, 0.6) is 23.0 Å². The van der Waals surface area contributed by atoms with Crippen molar-refractivity contribution in [1.29, 1.82) is 0 Å². The van der Waals surface area contributed by atoms with Crippen LogP contribution in [0.15, 0.2) is 47.6 Å². The van der Waals surface area contributed by atoms with Crippen molar-refractivity contribution in [3.05, 3.63) is 53.6 Å². The molecule has 1 atom stereocenters. The molecule has 6 heteroatoms. The predicted molar refractivity (Wildman–Crippen MR) is 90.0 cm³/mol. The Morgan fingerprint density at radius 3 is 2.36 bits per heavy atom. The van der Waals surface area contributed by atoms with E-state index in [2.05, 4.69) is 5.16 Å². The molecule has 2 aromatic carbocycles. The average molecular weight is 337 g/mol. The van der Waals surface area contributed by atoms with E-state index in [1.54, 1.807) is 0 Å². The van der Waals surface area contributed by atoms with Gasteiger partial charge in [-0.2, -0.15) is 0 Å². The minimum Gasteiger partial charge on any atom is -0.454 e. The first-order valence-corrected chi connectivity index (χ1v) is 8.05. The lowest BCUT2D eigenvalue weighted by atomic mass is 10.0. The van der Waals surface area contributed by atoms with Gasteiger partial charge in [0.05, 0.1) is 5.71 Å². The highest BCUT2D eigenvalue weighted by molar-refractivity contribution is 5.99. The second kappa shape index (κ2) is 5.73. The van der Waals surface area contributed by atoms with Crippen LogP contribution in [-0.4, -0.2) is 19.3 Å². The highest BCUT2D eigenvalue weighted by Gasteiger charge is 2.24. The predicted octanol–water partition coefficient (Wildman–Crippen LogP) is 3.67. The Labute approximate surface area is 144 Å². The van der Waals surface area contributed by atoms with Gasteiger partial charge >= 0.3 is 0 Å². The second-order valence-corrected chi connectivity index (χ2v) is 5.94. The molecule has 0 bridgehead atoms. The molecule has 6 nitrogen and oxygen atoms in total. The quantitative estimate of drug-likeness (QED) is 0.855. The Morgan fingerprint density at radius 1 is 0.800 bits per heavy atom. The molecule has 25 heavy (non-hydrogen) atoms. The summed E-state index contributed by atoms with van der Waals surface area (Å²) in [4.78, 5) is 5.57. The number of rotatable bonds is 3. The molecule has 3 aliphatic rings. The number of nitrogens with zero attached hydrogens (tertiary/aromatic N) is 1. The number of allylic oxidation sites excluding steroid dienone is 1. The summed E-state index contributed by atoms with van der Waals surface area (Å²) in [6.45, 7) is 0.546. The largest absolute Gasteiger partial charge is 0.454 e. The molecule has 1 unspecified atom stereocenters. The van der Waals surface area contributed by atoms with E-state index >= 15 is 0 Å². The first-order chi connectivity index (χ1) is 12.3. The molecule has 2 aromatic rings. The van der Waals surface area contributed by atoms with Gasteiger partial charge in [0.2, 0.25) is 13.6 Å². The molecule has 0 aliphatic carbocycles. The molecule has 0 N–H and O–H groups in total. The zero-order chi connectivity index (χ0) is 16.6. The Bertz CT molecular complexity index is 889. The van der Waals surface area contributed by atoms with E-state index < -0.39 is 0 Å². The van der Waals surface area contributed by atoms with Crippen LogP contribution in [0.2, 0.25) is 0 Å². The highest BCUT2D eigenvalue weighted by Crippen LogP contribution is 2.37. The van der Waals surface area contributed by atoms with Crippen molar-refractivity contribution in [2.75, 3.05) is 13.6 Å². The van der Waals surface area contributed by atoms with Crippen LogP contribution in [0, 0.1) is 0 Å². The maximum absolute atomic E-state index is 5.57. The molecule has 0 spiro atoms. The van der Waals surface area contributed by atoms with E-state index in [-0.39, 0.29) is 19.7 Å². The van der Waals surface area contributed by atoms with Gasteiger partial charge in [-0.1, -0.05) is 23.4 Å². The van der Waals surface area contributed by atoms with Gasteiger partial charge < -0.3 is 23.8 Å². The molecule has 0 aromatic heterocycles. The van der Waals surface area contributed by atoms with Crippen LogP contribution in [0.3, 0.4) is 0 Å². The van der Waals surface area contributed by atoms with E-state index in [0.29, 0.717) is 6.42 Å². The molecule has 0 amide bonds.